The van der Waals surface area contributed by atoms with Crippen molar-refractivity contribution in [1.82, 2.24) is 24.5 Å². The maximum Gasteiger partial charge on any atom is 0.360 e. The lowest BCUT2D eigenvalue weighted by molar-refractivity contribution is 0.0380. The van der Waals surface area contributed by atoms with Gasteiger partial charge < -0.3 is 14.0 Å². The topological polar surface area (TPSA) is 84.1 Å². The van der Waals surface area contributed by atoms with Gasteiger partial charge in [-0.05, 0) is 6.92 Å². The quantitative estimate of drug-likeness (QED) is 0.580. The van der Waals surface area contributed by atoms with Crippen LogP contribution in [0.5, 0.6) is 0 Å². The van der Waals surface area contributed by atoms with Crippen LogP contribution in [0, 0.1) is 6.92 Å². The predicted octanol–water partition coefficient (Wildman–Crippen LogP) is 0.825. The van der Waals surface area contributed by atoms with Crippen LogP contribution in [0.4, 0.5) is 0 Å². The van der Waals surface area contributed by atoms with E-state index in [9.17, 15) is 4.79 Å². The van der Waals surface area contributed by atoms with Gasteiger partial charge in [-0.25, -0.2) is 14.5 Å². The molecule has 2 aromatic rings. The maximum atomic E-state index is 11.8. The largest absolute Gasteiger partial charge is 0.458 e. The van der Waals surface area contributed by atoms with Gasteiger partial charge in [0.25, 0.3) is 0 Å². The second-order valence-corrected chi connectivity index (χ2v) is 4.75. The fraction of sp³-hybridized carbons (Fsp3) is 0.500. The fourth-order valence-corrected chi connectivity index (χ4v) is 1.84. The molecule has 2 aromatic heterocycles. The number of nitrogens with zero attached hydrogens (tertiary/aromatic N) is 5. The van der Waals surface area contributed by atoms with Crippen molar-refractivity contribution in [3.8, 4) is 0 Å². The van der Waals surface area contributed by atoms with Gasteiger partial charge in [-0.2, -0.15) is 0 Å². The van der Waals surface area contributed by atoms with Crippen LogP contribution >= 0.6 is 11.6 Å². The molecule has 8 nitrogen and oxygen atoms in total. The standard InChI is InChI=1S/C12H16ClN5O3/c1-8-11(12(19)21-5-4-20-3)15-16-18(8)7-10-14-6-9(13)17(10)2/h6H,4-5,7H2,1-3H3. The summed E-state index contributed by atoms with van der Waals surface area (Å²) in [6, 6.07) is 0. The third-order valence-corrected chi connectivity index (χ3v) is 3.37. The maximum absolute atomic E-state index is 11.8. The van der Waals surface area contributed by atoms with Crippen molar-refractivity contribution >= 4 is 17.6 Å². The Morgan fingerprint density at radius 1 is 1.43 bits per heavy atom. The molecule has 21 heavy (non-hydrogen) atoms. The molecule has 0 aliphatic rings. The first kappa shape index (κ1) is 15.5. The number of methoxy groups -OCH3 is 1. The Balaban J connectivity index is 2.10. The van der Waals surface area contributed by atoms with Crippen LogP contribution in [-0.2, 0) is 23.1 Å². The van der Waals surface area contributed by atoms with E-state index in [1.165, 1.54) is 7.11 Å². The Morgan fingerprint density at radius 2 is 2.19 bits per heavy atom. The van der Waals surface area contributed by atoms with Gasteiger partial charge in [0.15, 0.2) is 5.69 Å². The molecule has 0 amide bonds. The molecule has 2 rings (SSSR count). The fourth-order valence-electron chi connectivity index (χ4n) is 1.69. The highest BCUT2D eigenvalue weighted by Crippen LogP contribution is 2.12. The zero-order valence-electron chi connectivity index (χ0n) is 12.0. The van der Waals surface area contributed by atoms with Gasteiger partial charge in [-0.3, -0.25) is 0 Å². The molecule has 9 heteroatoms. The number of imidazole rings is 1. The number of carbonyl (C=O) groups is 1. The van der Waals surface area contributed by atoms with Crippen LogP contribution in [0.3, 0.4) is 0 Å². The van der Waals surface area contributed by atoms with E-state index in [4.69, 9.17) is 21.1 Å². The Labute approximate surface area is 126 Å². The molecular weight excluding hydrogens is 298 g/mol. The summed E-state index contributed by atoms with van der Waals surface area (Å²) >= 11 is 5.93. The van der Waals surface area contributed by atoms with Crippen molar-refractivity contribution in [2.24, 2.45) is 7.05 Å². The molecule has 0 saturated carbocycles. The first-order chi connectivity index (χ1) is 10.0. The second-order valence-electron chi connectivity index (χ2n) is 4.37. The molecule has 0 bridgehead atoms. The number of esters is 1. The summed E-state index contributed by atoms with van der Waals surface area (Å²) in [4.78, 5) is 16.0. The minimum absolute atomic E-state index is 0.177. The summed E-state index contributed by atoms with van der Waals surface area (Å²) in [5, 5.41) is 8.33. The van der Waals surface area contributed by atoms with Gasteiger partial charge in [0, 0.05) is 14.2 Å². The van der Waals surface area contributed by atoms with E-state index in [0.717, 1.165) is 0 Å². The molecule has 0 atom stereocenters. The van der Waals surface area contributed by atoms with E-state index in [2.05, 4.69) is 15.3 Å². The van der Waals surface area contributed by atoms with Gasteiger partial charge >= 0.3 is 5.97 Å². The van der Waals surface area contributed by atoms with Crippen LogP contribution in [0.15, 0.2) is 6.20 Å². The summed E-state index contributed by atoms with van der Waals surface area (Å²) in [7, 11) is 3.34. The average Bonchev–Trinajstić information content (AvgIpc) is 2.97. The lowest BCUT2D eigenvalue weighted by Gasteiger charge is -2.05. The summed E-state index contributed by atoms with van der Waals surface area (Å²) in [6.07, 6.45) is 1.56. The van der Waals surface area contributed by atoms with Gasteiger partial charge in [-0.1, -0.05) is 16.8 Å². The first-order valence-corrected chi connectivity index (χ1v) is 6.64. The van der Waals surface area contributed by atoms with E-state index in [1.54, 1.807) is 29.4 Å². The van der Waals surface area contributed by atoms with Gasteiger partial charge in [-0.15, -0.1) is 5.10 Å². The molecule has 0 fully saturated rings. The highest BCUT2D eigenvalue weighted by molar-refractivity contribution is 6.29. The molecule has 0 spiro atoms. The molecule has 0 aliphatic heterocycles. The van der Waals surface area contributed by atoms with Crippen LogP contribution < -0.4 is 0 Å². The van der Waals surface area contributed by atoms with Crippen molar-refractivity contribution in [3.63, 3.8) is 0 Å². The molecule has 0 unspecified atom stereocenters. The number of hydrogen-bond donors (Lipinski definition) is 0. The average molecular weight is 314 g/mol. The number of halogens is 1. The zero-order valence-corrected chi connectivity index (χ0v) is 12.8. The van der Waals surface area contributed by atoms with Crippen LogP contribution in [-0.4, -0.2) is 50.8 Å². The van der Waals surface area contributed by atoms with Crippen LogP contribution in [0.2, 0.25) is 5.15 Å². The smallest absolute Gasteiger partial charge is 0.360 e. The lowest BCUT2D eigenvalue weighted by Crippen LogP contribution is -2.13. The number of rotatable bonds is 6. The number of ether oxygens (including phenoxy) is 2. The summed E-state index contributed by atoms with van der Waals surface area (Å²) in [6.45, 7) is 2.63. The number of carbonyl (C=O) groups excluding carboxylic acids is 1. The minimum Gasteiger partial charge on any atom is -0.458 e. The molecule has 114 valence electrons. The van der Waals surface area contributed by atoms with Crippen molar-refractivity contribution in [2.45, 2.75) is 13.5 Å². The third kappa shape index (κ3) is 3.40. The summed E-state index contributed by atoms with van der Waals surface area (Å²) < 4.78 is 13.1. The zero-order chi connectivity index (χ0) is 15.4. The summed E-state index contributed by atoms with van der Waals surface area (Å²) in [5.41, 5.74) is 0.794. The van der Waals surface area contributed by atoms with Crippen LogP contribution in [0.25, 0.3) is 0 Å². The van der Waals surface area contributed by atoms with E-state index < -0.39 is 5.97 Å². The molecule has 0 aromatic carbocycles. The predicted molar refractivity (Wildman–Crippen MR) is 74.2 cm³/mol. The Kier molecular flexibility index (Phi) is 4.92. The monoisotopic (exact) mass is 313 g/mol. The molecular formula is C12H16ClN5O3. The van der Waals surface area contributed by atoms with Crippen molar-refractivity contribution in [2.75, 3.05) is 20.3 Å². The molecule has 0 N–H and O–H groups in total. The van der Waals surface area contributed by atoms with Gasteiger partial charge in [0.05, 0.1) is 18.5 Å². The van der Waals surface area contributed by atoms with Crippen LogP contribution in [0.1, 0.15) is 22.0 Å². The third-order valence-electron chi connectivity index (χ3n) is 3.02. The highest BCUT2D eigenvalue weighted by Gasteiger charge is 2.19. The molecule has 0 radical (unpaired) electrons. The first-order valence-electron chi connectivity index (χ1n) is 6.26. The Bertz CT molecular complexity index is 637. The highest BCUT2D eigenvalue weighted by atomic mass is 35.5. The Morgan fingerprint density at radius 3 is 2.81 bits per heavy atom. The van der Waals surface area contributed by atoms with Crippen molar-refractivity contribution in [1.29, 1.82) is 0 Å². The van der Waals surface area contributed by atoms with Crippen molar-refractivity contribution < 1.29 is 14.3 Å². The Hall–Kier alpha value is -1.93. The number of aromatic nitrogens is 5. The van der Waals surface area contributed by atoms with E-state index >= 15 is 0 Å². The lowest BCUT2D eigenvalue weighted by atomic mass is 10.3. The van der Waals surface area contributed by atoms with Gasteiger partial charge in [0.1, 0.15) is 24.1 Å². The van der Waals surface area contributed by atoms with Crippen molar-refractivity contribution in [3.05, 3.63) is 28.6 Å². The second kappa shape index (κ2) is 6.68. The molecule has 0 saturated heterocycles. The SMILES string of the molecule is COCCOC(=O)c1nnn(Cc2ncc(Cl)n2C)c1C. The van der Waals surface area contributed by atoms with E-state index in [-0.39, 0.29) is 12.3 Å². The number of hydrogen-bond acceptors (Lipinski definition) is 6. The molecule has 2 heterocycles. The van der Waals surface area contributed by atoms with Gasteiger partial charge in [0.2, 0.25) is 0 Å². The summed E-state index contributed by atoms with van der Waals surface area (Å²) in [5.74, 6) is 0.195. The normalized spacial score (nSPS) is 10.9. The minimum atomic E-state index is -0.520. The molecule has 0 aliphatic carbocycles. The van der Waals surface area contributed by atoms with E-state index in [0.29, 0.717) is 29.8 Å². The van der Waals surface area contributed by atoms with E-state index in [1.807, 2.05) is 0 Å².